The second kappa shape index (κ2) is 8.44. The smallest absolute Gasteiger partial charge is 0.253 e. The minimum Gasteiger partial charge on any atom is -0.378 e. The Kier molecular flexibility index (Phi) is 6.01. The molecule has 0 spiro atoms. The van der Waals surface area contributed by atoms with Gasteiger partial charge in [0.25, 0.3) is 11.8 Å². The molecule has 1 fully saturated rings. The third kappa shape index (κ3) is 4.61. The molecule has 0 aliphatic carbocycles. The summed E-state index contributed by atoms with van der Waals surface area (Å²) in [6.07, 6.45) is 1.47. The molecule has 1 aliphatic rings. The molecule has 0 unspecified atom stereocenters. The minimum absolute atomic E-state index is 0.0381. The summed E-state index contributed by atoms with van der Waals surface area (Å²) in [6, 6.07) is 14.7. The first kappa shape index (κ1) is 19.2. The average molecular weight is 386 g/mol. The Balaban J connectivity index is 1.54. The summed E-state index contributed by atoms with van der Waals surface area (Å²) in [5.74, 6) is -0.124. The normalized spacial score (nSPS) is 14.7. The molecule has 5 nitrogen and oxygen atoms in total. The molecule has 142 valence electrons. The molecular formula is C21H24ClN3O2. The van der Waals surface area contributed by atoms with Gasteiger partial charge in [0.15, 0.2) is 0 Å². The molecule has 1 aliphatic heterocycles. The van der Waals surface area contributed by atoms with Crippen molar-refractivity contribution in [3.8, 4) is 0 Å². The van der Waals surface area contributed by atoms with Crippen LogP contribution in [0.3, 0.4) is 0 Å². The lowest BCUT2D eigenvalue weighted by Crippen LogP contribution is -2.46. The Hall–Kier alpha value is -2.53. The maximum Gasteiger partial charge on any atom is 0.253 e. The van der Waals surface area contributed by atoms with E-state index in [1.54, 1.807) is 24.3 Å². The average Bonchev–Trinajstić information content (AvgIpc) is 2.68. The maximum atomic E-state index is 12.7. The Morgan fingerprint density at radius 1 is 1.04 bits per heavy atom. The second-order valence-electron chi connectivity index (χ2n) is 6.96. The Labute approximate surface area is 164 Å². The van der Waals surface area contributed by atoms with Gasteiger partial charge >= 0.3 is 0 Å². The topological polar surface area (TPSA) is 52.7 Å². The summed E-state index contributed by atoms with van der Waals surface area (Å²) in [5.41, 5.74) is 2.24. The van der Waals surface area contributed by atoms with Gasteiger partial charge in [-0.05, 0) is 49.2 Å². The highest BCUT2D eigenvalue weighted by Gasteiger charge is 2.25. The first-order valence-electron chi connectivity index (χ1n) is 9.08. The quantitative estimate of drug-likeness (QED) is 0.877. The largest absolute Gasteiger partial charge is 0.378 e. The van der Waals surface area contributed by atoms with E-state index in [4.69, 9.17) is 11.6 Å². The molecule has 1 saturated heterocycles. The third-order valence-electron chi connectivity index (χ3n) is 4.87. The maximum absolute atomic E-state index is 12.7. The summed E-state index contributed by atoms with van der Waals surface area (Å²) >= 11 is 6.08. The molecule has 2 aromatic rings. The van der Waals surface area contributed by atoms with E-state index in [1.807, 2.05) is 48.2 Å². The highest BCUT2D eigenvalue weighted by atomic mass is 35.5. The van der Waals surface area contributed by atoms with Gasteiger partial charge in [0.1, 0.15) is 0 Å². The summed E-state index contributed by atoms with van der Waals surface area (Å²) in [4.78, 5) is 28.9. The van der Waals surface area contributed by atoms with Gasteiger partial charge in [-0.2, -0.15) is 0 Å². The van der Waals surface area contributed by atoms with Crippen molar-refractivity contribution in [1.82, 2.24) is 10.2 Å². The van der Waals surface area contributed by atoms with Gasteiger partial charge < -0.3 is 15.1 Å². The van der Waals surface area contributed by atoms with Crippen molar-refractivity contribution in [2.45, 2.75) is 18.9 Å². The monoisotopic (exact) mass is 385 g/mol. The molecule has 6 heteroatoms. The minimum atomic E-state index is -0.162. The first-order valence-corrected chi connectivity index (χ1v) is 9.45. The van der Waals surface area contributed by atoms with Crippen LogP contribution in [0.2, 0.25) is 5.02 Å². The van der Waals surface area contributed by atoms with Gasteiger partial charge in [0.05, 0.1) is 10.6 Å². The zero-order valence-corrected chi connectivity index (χ0v) is 16.4. The fourth-order valence-electron chi connectivity index (χ4n) is 3.22. The van der Waals surface area contributed by atoms with Crippen LogP contribution in [-0.2, 0) is 0 Å². The van der Waals surface area contributed by atoms with Crippen LogP contribution in [0.4, 0.5) is 5.69 Å². The molecule has 3 rings (SSSR count). The molecule has 0 bridgehead atoms. The third-order valence-corrected chi connectivity index (χ3v) is 5.20. The summed E-state index contributed by atoms with van der Waals surface area (Å²) in [7, 11) is 3.94. The van der Waals surface area contributed by atoms with E-state index in [0.29, 0.717) is 29.2 Å². The Bertz CT molecular complexity index is 812. The number of rotatable bonds is 4. The zero-order valence-electron chi connectivity index (χ0n) is 15.6. The van der Waals surface area contributed by atoms with Gasteiger partial charge in [0, 0.05) is 44.5 Å². The van der Waals surface area contributed by atoms with E-state index in [1.165, 1.54) is 0 Å². The number of carbonyl (C=O) groups is 2. The van der Waals surface area contributed by atoms with Crippen molar-refractivity contribution < 1.29 is 9.59 Å². The van der Waals surface area contributed by atoms with E-state index in [0.717, 1.165) is 18.5 Å². The molecule has 0 radical (unpaired) electrons. The van der Waals surface area contributed by atoms with Gasteiger partial charge in [-0.3, -0.25) is 9.59 Å². The fraction of sp³-hybridized carbons (Fsp3) is 0.333. The van der Waals surface area contributed by atoms with E-state index >= 15 is 0 Å². The van der Waals surface area contributed by atoms with Crippen LogP contribution < -0.4 is 10.2 Å². The predicted octanol–water partition coefficient (Wildman–Crippen LogP) is 3.44. The number of piperidine rings is 1. The van der Waals surface area contributed by atoms with Gasteiger partial charge in [-0.25, -0.2) is 0 Å². The number of halogens is 1. The highest BCUT2D eigenvalue weighted by molar-refractivity contribution is 6.33. The number of benzene rings is 2. The number of nitrogens with one attached hydrogen (secondary N) is 1. The van der Waals surface area contributed by atoms with E-state index in [-0.39, 0.29) is 17.9 Å². The standard InChI is InChI=1S/C21H24ClN3O2/c1-24(2)17-9-7-15(8-10-17)21(27)25-13-11-16(12-14-25)23-20(26)18-5-3-4-6-19(18)22/h3-10,16H,11-14H2,1-2H3,(H,23,26). The molecule has 0 saturated carbocycles. The summed E-state index contributed by atoms with van der Waals surface area (Å²) in [5, 5.41) is 3.48. The van der Waals surface area contributed by atoms with Crippen molar-refractivity contribution in [3.05, 3.63) is 64.7 Å². The zero-order chi connectivity index (χ0) is 19.4. The van der Waals surface area contributed by atoms with Gasteiger partial charge in [-0.1, -0.05) is 23.7 Å². The Morgan fingerprint density at radius 3 is 2.26 bits per heavy atom. The fourth-order valence-corrected chi connectivity index (χ4v) is 3.44. The number of likely N-dealkylation sites (tertiary alicyclic amines) is 1. The molecule has 2 amide bonds. The lowest BCUT2D eigenvalue weighted by atomic mass is 10.0. The Morgan fingerprint density at radius 2 is 1.67 bits per heavy atom. The molecule has 27 heavy (non-hydrogen) atoms. The molecule has 1 N–H and O–H groups in total. The number of carbonyl (C=O) groups excluding carboxylic acids is 2. The van der Waals surface area contributed by atoms with Crippen LogP contribution in [0.15, 0.2) is 48.5 Å². The van der Waals surface area contributed by atoms with Crippen LogP contribution in [0, 0.1) is 0 Å². The number of hydrogen-bond acceptors (Lipinski definition) is 3. The SMILES string of the molecule is CN(C)c1ccc(C(=O)N2CCC(NC(=O)c3ccccc3Cl)CC2)cc1. The van der Waals surface area contributed by atoms with Crippen LogP contribution in [0.25, 0.3) is 0 Å². The number of hydrogen-bond donors (Lipinski definition) is 1. The van der Waals surface area contributed by atoms with Gasteiger partial charge in [-0.15, -0.1) is 0 Å². The van der Waals surface area contributed by atoms with Crippen LogP contribution in [0.5, 0.6) is 0 Å². The van der Waals surface area contributed by atoms with Crippen molar-refractivity contribution in [2.75, 3.05) is 32.1 Å². The molecule has 0 aromatic heterocycles. The van der Waals surface area contributed by atoms with Gasteiger partial charge in [0.2, 0.25) is 0 Å². The summed E-state index contributed by atoms with van der Waals surface area (Å²) < 4.78 is 0. The van der Waals surface area contributed by atoms with Crippen LogP contribution >= 0.6 is 11.6 Å². The van der Waals surface area contributed by atoms with Crippen molar-refractivity contribution >= 4 is 29.1 Å². The lowest BCUT2D eigenvalue weighted by Gasteiger charge is -2.32. The molecule has 2 aromatic carbocycles. The molecule has 1 heterocycles. The first-order chi connectivity index (χ1) is 13.0. The number of nitrogens with zero attached hydrogens (tertiary/aromatic N) is 2. The van der Waals surface area contributed by atoms with Crippen LogP contribution in [-0.4, -0.2) is 49.9 Å². The number of amides is 2. The lowest BCUT2D eigenvalue weighted by molar-refractivity contribution is 0.0698. The van der Waals surface area contributed by atoms with E-state index in [9.17, 15) is 9.59 Å². The van der Waals surface area contributed by atoms with Crippen LogP contribution in [0.1, 0.15) is 33.6 Å². The summed E-state index contributed by atoms with van der Waals surface area (Å²) in [6.45, 7) is 1.25. The van der Waals surface area contributed by atoms with E-state index in [2.05, 4.69) is 5.32 Å². The van der Waals surface area contributed by atoms with Crippen molar-refractivity contribution in [3.63, 3.8) is 0 Å². The predicted molar refractivity (Wildman–Crippen MR) is 109 cm³/mol. The van der Waals surface area contributed by atoms with Crippen molar-refractivity contribution in [1.29, 1.82) is 0 Å². The second-order valence-corrected chi connectivity index (χ2v) is 7.37. The highest BCUT2D eigenvalue weighted by Crippen LogP contribution is 2.19. The molecule has 0 atom stereocenters. The van der Waals surface area contributed by atoms with Crippen molar-refractivity contribution in [2.24, 2.45) is 0 Å². The molecular weight excluding hydrogens is 362 g/mol. The van der Waals surface area contributed by atoms with E-state index < -0.39 is 0 Å². The number of anilines is 1.